The summed E-state index contributed by atoms with van der Waals surface area (Å²) >= 11 is 5.62. The van der Waals surface area contributed by atoms with Crippen LogP contribution in [0.4, 0.5) is 0 Å². The molecule has 0 amide bonds. The average Bonchev–Trinajstić information content (AvgIpc) is 2.04. The summed E-state index contributed by atoms with van der Waals surface area (Å²) in [5.74, 6) is 0.794. The van der Waals surface area contributed by atoms with E-state index < -0.39 is 5.69 Å². The molecule has 1 aliphatic heterocycles. The summed E-state index contributed by atoms with van der Waals surface area (Å²) in [7, 11) is 0. The van der Waals surface area contributed by atoms with Crippen LogP contribution < -0.4 is 4.74 Å². The third-order valence-electron chi connectivity index (χ3n) is 1.47. The zero-order valence-electron chi connectivity index (χ0n) is 5.70. The predicted molar refractivity (Wildman–Crippen MR) is 44.3 cm³/mol. The molecule has 0 saturated heterocycles. The van der Waals surface area contributed by atoms with Gasteiger partial charge in [-0.15, -0.1) is 0 Å². The second-order valence-corrected chi connectivity index (χ2v) is 2.60. The van der Waals surface area contributed by atoms with Gasteiger partial charge in [-0.2, -0.15) is 0 Å². The van der Waals surface area contributed by atoms with E-state index in [1.165, 1.54) is 0 Å². The molecule has 0 bridgehead atoms. The lowest BCUT2D eigenvalue weighted by Crippen LogP contribution is -2.11. The van der Waals surface area contributed by atoms with Gasteiger partial charge >= 0.3 is 0 Å². The van der Waals surface area contributed by atoms with E-state index in [2.05, 4.69) is 4.99 Å². The van der Waals surface area contributed by atoms with Crippen LogP contribution in [-0.2, 0) is 0 Å². The summed E-state index contributed by atoms with van der Waals surface area (Å²) < 4.78 is 5.20. The third kappa shape index (κ3) is 1.21. The highest BCUT2D eigenvalue weighted by Crippen LogP contribution is 2.22. The van der Waals surface area contributed by atoms with Crippen molar-refractivity contribution in [1.82, 2.24) is 0 Å². The van der Waals surface area contributed by atoms with Gasteiger partial charge in [-0.05, 0) is 12.1 Å². The largest absolute Gasteiger partial charge is 0.454 e. The number of hydrogen-bond acceptors (Lipinski definition) is 2. The van der Waals surface area contributed by atoms with Gasteiger partial charge < -0.3 is 4.74 Å². The minimum atomic E-state index is -0.565. The molecular formula is C8H6ClNO. The minimum Gasteiger partial charge on any atom is -0.454 e. The molecule has 1 unspecified atom stereocenters. The lowest BCUT2D eigenvalue weighted by Gasteiger charge is -2.14. The van der Waals surface area contributed by atoms with Gasteiger partial charge in [0.25, 0.3) is 5.69 Å². The second kappa shape index (κ2) is 2.55. The predicted octanol–water partition coefficient (Wildman–Crippen LogP) is 2.02. The highest BCUT2D eigenvalue weighted by Gasteiger charge is 2.10. The molecule has 1 aliphatic rings. The molecule has 3 heteroatoms. The highest BCUT2D eigenvalue weighted by atomic mass is 35.5. The molecule has 0 spiro atoms. The zero-order chi connectivity index (χ0) is 7.68. The van der Waals surface area contributed by atoms with Crippen molar-refractivity contribution in [3.05, 3.63) is 29.8 Å². The molecule has 11 heavy (non-hydrogen) atoms. The molecule has 1 aromatic carbocycles. The number of hydrogen-bond donors (Lipinski definition) is 0. The summed E-state index contributed by atoms with van der Waals surface area (Å²) in [5.41, 5.74) is 0.411. The van der Waals surface area contributed by atoms with Crippen LogP contribution in [0, 0.1) is 0 Å². The Balaban J connectivity index is 2.46. The molecule has 2 nitrogen and oxygen atoms in total. The van der Waals surface area contributed by atoms with Crippen molar-refractivity contribution in [3.63, 3.8) is 0 Å². The number of nitrogens with zero attached hydrogens (tertiary/aromatic N) is 1. The van der Waals surface area contributed by atoms with Crippen molar-refractivity contribution in [2.75, 3.05) is 0 Å². The van der Waals surface area contributed by atoms with Crippen molar-refractivity contribution in [2.45, 2.75) is 5.69 Å². The molecular weight excluding hydrogens is 162 g/mol. The first-order chi connectivity index (χ1) is 5.36. The Bertz CT molecular complexity index is 298. The number of benzene rings is 1. The maximum atomic E-state index is 5.62. The Kier molecular flexibility index (Phi) is 1.55. The molecule has 0 fully saturated rings. The van der Waals surface area contributed by atoms with E-state index in [-0.39, 0.29) is 0 Å². The van der Waals surface area contributed by atoms with Crippen LogP contribution >= 0.6 is 11.6 Å². The molecule has 0 saturated carbocycles. The van der Waals surface area contributed by atoms with E-state index >= 15 is 0 Å². The molecule has 0 aliphatic carbocycles. The first kappa shape index (κ1) is 6.68. The van der Waals surface area contributed by atoms with Crippen LogP contribution in [0.3, 0.4) is 0 Å². The second-order valence-electron chi connectivity index (χ2n) is 2.23. The van der Waals surface area contributed by atoms with Gasteiger partial charge in [0.1, 0.15) is 5.75 Å². The van der Waals surface area contributed by atoms with Crippen molar-refractivity contribution in [3.8, 4) is 5.75 Å². The Labute approximate surface area is 69.5 Å². The zero-order valence-corrected chi connectivity index (χ0v) is 6.45. The van der Waals surface area contributed by atoms with Crippen LogP contribution in [0.2, 0.25) is 0 Å². The van der Waals surface area contributed by atoms with Gasteiger partial charge in [0.2, 0.25) is 0 Å². The van der Waals surface area contributed by atoms with Gasteiger partial charge in [0.15, 0.2) is 0 Å². The van der Waals surface area contributed by atoms with Crippen LogP contribution in [0.5, 0.6) is 5.75 Å². The average molecular weight is 168 g/mol. The molecule has 56 valence electrons. The van der Waals surface area contributed by atoms with Crippen LogP contribution in [0.25, 0.3) is 0 Å². The molecule has 2 rings (SSSR count). The normalized spacial score (nSPS) is 20.6. The molecule has 0 radical (unpaired) electrons. The number of ether oxygens (including phenoxy) is 1. The fraction of sp³-hybridized carbons (Fsp3) is 0.125. The monoisotopic (exact) mass is 167 g/mol. The Hall–Kier alpha value is -1.02. The van der Waals surface area contributed by atoms with Gasteiger partial charge in [0.05, 0.1) is 0 Å². The number of aliphatic imine (C=N–C) groups is 1. The summed E-state index contributed by atoms with van der Waals surface area (Å²) in [5, 5.41) is 0. The van der Waals surface area contributed by atoms with E-state index in [0.29, 0.717) is 0 Å². The maximum Gasteiger partial charge on any atom is 0.267 e. The maximum absolute atomic E-state index is 5.62. The smallest absolute Gasteiger partial charge is 0.267 e. The van der Waals surface area contributed by atoms with Gasteiger partial charge in [-0.1, -0.05) is 23.7 Å². The summed E-state index contributed by atoms with van der Waals surface area (Å²) in [6.07, 6.45) is 1.72. The highest BCUT2D eigenvalue weighted by molar-refractivity contribution is 6.20. The number of para-hydroxylation sites is 1. The van der Waals surface area contributed by atoms with Crippen molar-refractivity contribution >= 4 is 17.8 Å². The van der Waals surface area contributed by atoms with Crippen LogP contribution in [-0.4, -0.2) is 11.9 Å². The summed E-state index contributed by atoms with van der Waals surface area (Å²) in [6, 6.07) is 7.64. The quantitative estimate of drug-likeness (QED) is 0.428. The third-order valence-corrected chi connectivity index (χ3v) is 1.68. The van der Waals surface area contributed by atoms with Crippen molar-refractivity contribution < 1.29 is 4.74 Å². The fourth-order valence-corrected chi connectivity index (χ4v) is 1.12. The summed E-state index contributed by atoms with van der Waals surface area (Å²) in [6.45, 7) is 0. The fourth-order valence-electron chi connectivity index (χ4n) is 0.969. The van der Waals surface area contributed by atoms with E-state index in [4.69, 9.17) is 16.3 Å². The Morgan fingerprint density at radius 1 is 1.36 bits per heavy atom. The van der Waals surface area contributed by atoms with Crippen molar-refractivity contribution in [1.29, 1.82) is 0 Å². The molecule has 1 aromatic rings. The minimum absolute atomic E-state index is 0.565. The van der Waals surface area contributed by atoms with Gasteiger partial charge in [-0.25, -0.2) is 4.99 Å². The Morgan fingerprint density at radius 3 is 3.09 bits per heavy atom. The first-order valence-electron chi connectivity index (χ1n) is 3.29. The molecule has 0 aromatic heterocycles. The Morgan fingerprint density at radius 2 is 2.18 bits per heavy atom. The van der Waals surface area contributed by atoms with Gasteiger partial charge in [-0.3, -0.25) is 0 Å². The van der Waals surface area contributed by atoms with Crippen LogP contribution in [0.15, 0.2) is 29.3 Å². The van der Waals surface area contributed by atoms with Gasteiger partial charge in [0, 0.05) is 11.8 Å². The standard InChI is InChI=1S/C8H6ClNO/c9-8-10-5-6-3-1-2-4-7(6)11-8/h1-5,8H. The van der Waals surface area contributed by atoms with E-state index in [0.717, 1.165) is 11.3 Å². The molecule has 1 atom stereocenters. The van der Waals surface area contributed by atoms with E-state index in [1.807, 2.05) is 24.3 Å². The lowest BCUT2D eigenvalue weighted by molar-refractivity contribution is 0.287. The first-order valence-corrected chi connectivity index (χ1v) is 3.73. The number of halogens is 1. The molecule has 0 N–H and O–H groups in total. The topological polar surface area (TPSA) is 21.6 Å². The van der Waals surface area contributed by atoms with E-state index in [9.17, 15) is 0 Å². The number of alkyl halides is 1. The van der Waals surface area contributed by atoms with E-state index in [1.54, 1.807) is 6.21 Å². The molecule has 1 heterocycles. The number of fused-ring (bicyclic) bond motifs is 1. The van der Waals surface area contributed by atoms with Crippen LogP contribution in [0.1, 0.15) is 5.56 Å². The lowest BCUT2D eigenvalue weighted by atomic mass is 10.2. The number of rotatable bonds is 0. The SMILES string of the molecule is ClC1N=Cc2ccccc2O1. The summed E-state index contributed by atoms with van der Waals surface area (Å²) in [4.78, 5) is 3.89. The van der Waals surface area contributed by atoms with Crippen molar-refractivity contribution in [2.24, 2.45) is 4.99 Å².